The first kappa shape index (κ1) is 23.9. The van der Waals surface area contributed by atoms with Crippen LogP contribution in [0.15, 0.2) is 71.6 Å². The molecule has 0 bridgehead atoms. The first-order chi connectivity index (χ1) is 15.2. The summed E-state index contributed by atoms with van der Waals surface area (Å²) in [6, 6.07) is 16.7. The maximum atomic E-state index is 13.3. The number of phenols is 1. The van der Waals surface area contributed by atoms with E-state index in [9.17, 15) is 18.3 Å². The standard InChI is InChI=1S/C24H20Cl2O5S/c1-2-31-22-13-17(5-12-21(22)27)14-23(24(28)18-6-10-20(26)11-7-18)32(29,30)15-16-3-8-19(25)9-4-16/h3-14,27H,2,15H2,1H3. The zero-order valence-electron chi connectivity index (χ0n) is 17.1. The average Bonchev–Trinajstić information content (AvgIpc) is 2.76. The highest BCUT2D eigenvalue weighted by atomic mass is 35.5. The molecule has 0 saturated carbocycles. The summed E-state index contributed by atoms with van der Waals surface area (Å²) in [5.41, 5.74) is 1.07. The Balaban J connectivity index is 2.09. The second kappa shape index (κ2) is 10.2. The van der Waals surface area contributed by atoms with E-state index in [4.69, 9.17) is 27.9 Å². The minimum Gasteiger partial charge on any atom is -0.504 e. The molecule has 3 aromatic carbocycles. The van der Waals surface area contributed by atoms with E-state index in [1.807, 2.05) is 0 Å². The summed E-state index contributed by atoms with van der Waals surface area (Å²) in [5, 5.41) is 10.8. The molecule has 3 aromatic rings. The molecule has 0 saturated heterocycles. The molecule has 0 aliphatic heterocycles. The van der Waals surface area contributed by atoms with Gasteiger partial charge >= 0.3 is 0 Å². The van der Waals surface area contributed by atoms with Crippen molar-refractivity contribution in [2.75, 3.05) is 6.61 Å². The summed E-state index contributed by atoms with van der Waals surface area (Å²) < 4.78 is 32.0. The van der Waals surface area contributed by atoms with Gasteiger partial charge in [0, 0.05) is 15.6 Å². The number of halogens is 2. The van der Waals surface area contributed by atoms with Crippen LogP contribution in [-0.4, -0.2) is 25.9 Å². The second-order valence-corrected chi connectivity index (χ2v) is 9.72. The van der Waals surface area contributed by atoms with Crippen molar-refractivity contribution >= 4 is 44.9 Å². The van der Waals surface area contributed by atoms with Gasteiger partial charge in [-0.05, 0) is 72.7 Å². The minimum atomic E-state index is -4.05. The van der Waals surface area contributed by atoms with Gasteiger partial charge in [-0.1, -0.05) is 41.4 Å². The van der Waals surface area contributed by atoms with Gasteiger partial charge in [0.25, 0.3) is 0 Å². The molecule has 0 aliphatic carbocycles. The molecule has 1 N–H and O–H groups in total. The Morgan fingerprint density at radius 1 is 0.969 bits per heavy atom. The Kier molecular flexibility index (Phi) is 7.61. The predicted octanol–water partition coefficient (Wildman–Crippen LogP) is 5.94. The number of Topliss-reactive ketones (excluding diaryl/α,β-unsaturated/α-hetero) is 1. The van der Waals surface area contributed by atoms with Crippen LogP contribution < -0.4 is 4.74 Å². The van der Waals surface area contributed by atoms with Crippen LogP contribution in [0.1, 0.15) is 28.4 Å². The Morgan fingerprint density at radius 2 is 1.56 bits per heavy atom. The van der Waals surface area contributed by atoms with Gasteiger partial charge in [0.05, 0.1) is 12.4 Å². The van der Waals surface area contributed by atoms with Crippen LogP contribution in [0.5, 0.6) is 11.5 Å². The second-order valence-electron chi connectivity index (χ2n) is 6.89. The van der Waals surface area contributed by atoms with Crippen molar-refractivity contribution in [3.8, 4) is 11.5 Å². The summed E-state index contributed by atoms with van der Waals surface area (Å²) in [7, 11) is -4.05. The zero-order chi connectivity index (χ0) is 23.3. The number of allylic oxidation sites excluding steroid dienone is 1. The van der Waals surface area contributed by atoms with Crippen LogP contribution in [0.25, 0.3) is 6.08 Å². The number of rotatable bonds is 8. The number of ether oxygens (including phenoxy) is 1. The number of hydrogen-bond acceptors (Lipinski definition) is 5. The Labute approximate surface area is 196 Å². The number of aromatic hydroxyl groups is 1. The summed E-state index contributed by atoms with van der Waals surface area (Å²) in [5.74, 6) is -0.943. The zero-order valence-corrected chi connectivity index (χ0v) is 19.4. The van der Waals surface area contributed by atoms with Crippen molar-refractivity contribution in [3.63, 3.8) is 0 Å². The van der Waals surface area contributed by atoms with Crippen LogP contribution in [0, 0.1) is 0 Å². The fourth-order valence-electron chi connectivity index (χ4n) is 2.96. The summed E-state index contributed by atoms with van der Waals surface area (Å²) in [4.78, 5) is 12.9. The van der Waals surface area contributed by atoms with E-state index in [-0.39, 0.29) is 27.7 Å². The molecule has 0 spiro atoms. The number of carbonyl (C=O) groups excluding carboxylic acids is 1. The van der Waals surface area contributed by atoms with Crippen molar-refractivity contribution in [2.45, 2.75) is 12.7 Å². The molecule has 0 unspecified atom stereocenters. The summed E-state index contributed by atoms with van der Waals surface area (Å²) in [6.07, 6.45) is 1.28. The van der Waals surface area contributed by atoms with Crippen molar-refractivity contribution < 1.29 is 23.1 Å². The van der Waals surface area contributed by atoms with E-state index >= 15 is 0 Å². The molecule has 0 aromatic heterocycles. The van der Waals surface area contributed by atoms with Crippen LogP contribution in [0.3, 0.4) is 0 Å². The summed E-state index contributed by atoms with van der Waals surface area (Å²) in [6.45, 7) is 2.07. The Morgan fingerprint density at radius 3 is 2.16 bits per heavy atom. The van der Waals surface area contributed by atoms with E-state index in [1.165, 1.54) is 48.5 Å². The number of hydrogen-bond donors (Lipinski definition) is 1. The third-order valence-electron chi connectivity index (χ3n) is 4.52. The molecule has 0 aliphatic rings. The molecule has 5 nitrogen and oxygen atoms in total. The number of sulfone groups is 1. The van der Waals surface area contributed by atoms with Gasteiger partial charge in [0.1, 0.15) is 4.91 Å². The third-order valence-corrected chi connectivity index (χ3v) is 6.71. The maximum Gasteiger partial charge on any atom is 0.204 e. The van der Waals surface area contributed by atoms with E-state index in [0.717, 1.165) is 0 Å². The van der Waals surface area contributed by atoms with Gasteiger partial charge < -0.3 is 9.84 Å². The number of carbonyl (C=O) groups is 1. The van der Waals surface area contributed by atoms with Crippen LogP contribution in [0.2, 0.25) is 10.0 Å². The fraction of sp³-hybridized carbons (Fsp3) is 0.125. The summed E-state index contributed by atoms with van der Waals surface area (Å²) >= 11 is 11.8. The highest BCUT2D eigenvalue weighted by Gasteiger charge is 2.27. The van der Waals surface area contributed by atoms with E-state index in [2.05, 4.69) is 0 Å². The fourth-order valence-corrected chi connectivity index (χ4v) is 4.72. The lowest BCUT2D eigenvalue weighted by Crippen LogP contribution is -2.16. The monoisotopic (exact) mass is 490 g/mol. The topological polar surface area (TPSA) is 80.7 Å². The highest BCUT2D eigenvalue weighted by Crippen LogP contribution is 2.30. The van der Waals surface area contributed by atoms with Crippen LogP contribution in [-0.2, 0) is 15.6 Å². The van der Waals surface area contributed by atoms with E-state index in [1.54, 1.807) is 31.2 Å². The van der Waals surface area contributed by atoms with Crippen LogP contribution >= 0.6 is 23.2 Å². The van der Waals surface area contributed by atoms with E-state index < -0.39 is 15.6 Å². The van der Waals surface area contributed by atoms with Crippen molar-refractivity contribution in [3.05, 3.63) is 98.4 Å². The van der Waals surface area contributed by atoms with Gasteiger partial charge in [0.15, 0.2) is 21.3 Å². The first-order valence-electron chi connectivity index (χ1n) is 9.64. The van der Waals surface area contributed by atoms with Crippen molar-refractivity contribution in [2.24, 2.45) is 0 Å². The number of phenolic OH excluding ortho intramolecular Hbond substituents is 1. The number of ketones is 1. The van der Waals surface area contributed by atoms with Gasteiger partial charge in [-0.2, -0.15) is 0 Å². The lowest BCUT2D eigenvalue weighted by molar-refractivity contribution is 0.104. The molecular formula is C24H20Cl2O5S. The van der Waals surface area contributed by atoms with Gasteiger partial charge in [-0.15, -0.1) is 0 Å². The lowest BCUT2D eigenvalue weighted by Gasteiger charge is -2.11. The third kappa shape index (κ3) is 5.91. The molecule has 0 heterocycles. The largest absolute Gasteiger partial charge is 0.504 e. The van der Waals surface area contributed by atoms with Crippen molar-refractivity contribution in [1.82, 2.24) is 0 Å². The molecule has 0 amide bonds. The molecule has 166 valence electrons. The molecule has 0 atom stereocenters. The quantitative estimate of drug-likeness (QED) is 0.312. The SMILES string of the molecule is CCOc1cc(C=C(C(=O)c2ccc(Cl)cc2)S(=O)(=O)Cc2ccc(Cl)cc2)ccc1O. The molecule has 8 heteroatoms. The van der Waals surface area contributed by atoms with Gasteiger partial charge in [0.2, 0.25) is 5.78 Å². The normalized spacial score (nSPS) is 11.9. The molecule has 0 radical (unpaired) electrons. The molecule has 3 rings (SSSR count). The Hall–Kier alpha value is -2.80. The smallest absolute Gasteiger partial charge is 0.204 e. The van der Waals surface area contributed by atoms with Crippen molar-refractivity contribution in [1.29, 1.82) is 0 Å². The molecule has 0 fully saturated rings. The van der Waals surface area contributed by atoms with Crippen LogP contribution in [0.4, 0.5) is 0 Å². The Bertz CT molecular complexity index is 1250. The highest BCUT2D eigenvalue weighted by molar-refractivity contribution is 7.95. The molecule has 32 heavy (non-hydrogen) atoms. The first-order valence-corrected chi connectivity index (χ1v) is 12.1. The van der Waals surface area contributed by atoms with Gasteiger partial charge in [-0.25, -0.2) is 8.42 Å². The lowest BCUT2D eigenvalue weighted by atomic mass is 10.1. The van der Waals surface area contributed by atoms with Gasteiger partial charge in [-0.3, -0.25) is 4.79 Å². The molecular weight excluding hydrogens is 471 g/mol. The predicted molar refractivity (Wildman–Crippen MR) is 127 cm³/mol. The maximum absolute atomic E-state index is 13.3. The number of benzene rings is 3. The minimum absolute atomic E-state index is 0.0846. The average molecular weight is 491 g/mol. The van der Waals surface area contributed by atoms with E-state index in [0.29, 0.717) is 27.8 Å².